The highest BCUT2D eigenvalue weighted by Gasteiger charge is 2.27. The Balaban J connectivity index is 3.92. The van der Waals surface area contributed by atoms with Gasteiger partial charge in [-0.3, -0.25) is 18.6 Å². The molecular formula is C94H163NO8P+. The quantitative estimate of drug-likeness (QED) is 0.0211. The van der Waals surface area contributed by atoms with Crippen LogP contribution < -0.4 is 0 Å². The first kappa shape index (κ1) is 99.6. The number of allylic oxidation sites excluding steroid dienone is 26. The monoisotopic (exact) mass is 1470 g/mol. The third-order valence-electron chi connectivity index (χ3n) is 18.6. The molecule has 0 aliphatic heterocycles. The smallest absolute Gasteiger partial charge is 0.462 e. The maximum atomic E-state index is 12.9. The molecule has 0 aromatic rings. The Bertz CT molecular complexity index is 2320. The fourth-order valence-electron chi connectivity index (χ4n) is 12.1. The zero-order valence-corrected chi connectivity index (χ0v) is 69.1. The van der Waals surface area contributed by atoms with Gasteiger partial charge in [0.05, 0.1) is 27.7 Å². The van der Waals surface area contributed by atoms with Gasteiger partial charge in [-0.25, -0.2) is 4.57 Å². The van der Waals surface area contributed by atoms with Crippen molar-refractivity contribution in [3.05, 3.63) is 158 Å². The van der Waals surface area contributed by atoms with Crippen LogP contribution in [0.2, 0.25) is 0 Å². The predicted octanol–water partition coefficient (Wildman–Crippen LogP) is 29.4. The molecule has 0 saturated heterocycles. The number of ether oxygens (including phenoxy) is 2. The number of phosphoric acid groups is 1. The summed E-state index contributed by atoms with van der Waals surface area (Å²) in [5.41, 5.74) is 0. The lowest BCUT2D eigenvalue weighted by molar-refractivity contribution is -0.870. The van der Waals surface area contributed by atoms with Crippen LogP contribution in [0.5, 0.6) is 0 Å². The Morgan fingerprint density at radius 3 is 0.769 bits per heavy atom. The van der Waals surface area contributed by atoms with E-state index < -0.39 is 26.5 Å². The number of hydrogen-bond donors (Lipinski definition) is 1. The molecule has 0 aromatic carbocycles. The summed E-state index contributed by atoms with van der Waals surface area (Å²) in [4.78, 5) is 36.1. The van der Waals surface area contributed by atoms with Gasteiger partial charge in [-0.1, -0.05) is 397 Å². The standard InChI is InChI=1S/C94H162NO8P/c1-6-8-10-12-14-16-18-20-22-24-26-28-30-32-34-36-38-40-42-44-46-47-49-50-52-54-56-58-60-62-64-66-68-70-72-74-76-78-80-82-84-86-93(96)100-90-92(91-102-104(98,99)101-89-88-95(3,4)5)103-94(97)87-85-83-81-79-77-75-73-71-69-67-65-63-61-59-57-55-53-51-48-45-43-41-39-37-35-33-31-29-27-25-23-21-19-17-15-13-11-9-7-2/h8-11,14-17,20-23,26-29,32-35,38-41,45,48,92H,6-7,12-13,18-19,24-25,30-31,36-37,42-44,46-47,49-91H2,1-5H3/p+1/b10-8-,11-9-,16-14-,17-15-,22-20-,23-21-,28-26-,29-27-,34-32-,35-33-,40-38-,41-39-,48-45-. The molecule has 0 amide bonds. The Morgan fingerprint density at radius 1 is 0.298 bits per heavy atom. The van der Waals surface area contributed by atoms with E-state index in [4.69, 9.17) is 18.5 Å². The molecule has 0 bridgehead atoms. The van der Waals surface area contributed by atoms with Crippen LogP contribution >= 0.6 is 7.82 Å². The van der Waals surface area contributed by atoms with Crippen LogP contribution in [0.25, 0.3) is 0 Å². The highest BCUT2D eigenvalue weighted by atomic mass is 31.2. The van der Waals surface area contributed by atoms with Crippen molar-refractivity contribution in [1.29, 1.82) is 0 Å². The fourth-order valence-corrected chi connectivity index (χ4v) is 12.8. The minimum Gasteiger partial charge on any atom is -0.462 e. The van der Waals surface area contributed by atoms with Crippen molar-refractivity contribution in [2.24, 2.45) is 0 Å². The molecule has 0 spiro atoms. The summed E-state index contributed by atoms with van der Waals surface area (Å²) in [6.45, 7) is 4.24. The van der Waals surface area contributed by atoms with Gasteiger partial charge in [0.25, 0.3) is 0 Å². The molecule has 10 heteroatoms. The van der Waals surface area contributed by atoms with E-state index in [1.807, 2.05) is 21.1 Å². The number of hydrogen-bond acceptors (Lipinski definition) is 7. The van der Waals surface area contributed by atoms with Crippen molar-refractivity contribution in [3.8, 4) is 0 Å². The van der Waals surface area contributed by atoms with Gasteiger partial charge in [-0.15, -0.1) is 0 Å². The Kier molecular flexibility index (Phi) is 79.2. The zero-order chi connectivity index (χ0) is 75.4. The van der Waals surface area contributed by atoms with Crippen molar-refractivity contribution in [1.82, 2.24) is 0 Å². The van der Waals surface area contributed by atoms with Crippen molar-refractivity contribution in [2.45, 2.75) is 380 Å². The molecule has 0 saturated carbocycles. The Hall–Kier alpha value is -4.37. The first-order valence-corrected chi connectivity index (χ1v) is 44.7. The number of carbonyl (C=O) groups is 2. The number of phosphoric ester groups is 1. The van der Waals surface area contributed by atoms with Gasteiger partial charge in [0.2, 0.25) is 0 Å². The summed E-state index contributed by atoms with van der Waals surface area (Å²) in [5.74, 6) is -0.785. The van der Waals surface area contributed by atoms with E-state index >= 15 is 0 Å². The molecule has 0 radical (unpaired) electrons. The Morgan fingerprint density at radius 2 is 0.519 bits per heavy atom. The van der Waals surface area contributed by atoms with Gasteiger partial charge in [0, 0.05) is 12.8 Å². The number of carbonyl (C=O) groups excluding carboxylic acids is 2. The lowest BCUT2D eigenvalue weighted by Crippen LogP contribution is -2.37. The lowest BCUT2D eigenvalue weighted by Gasteiger charge is -2.24. The molecule has 0 aliphatic carbocycles. The second kappa shape index (κ2) is 82.7. The number of esters is 2. The molecule has 1 N–H and O–H groups in total. The molecule has 0 heterocycles. The molecule has 9 nitrogen and oxygen atoms in total. The molecule has 0 aliphatic rings. The van der Waals surface area contributed by atoms with Crippen molar-refractivity contribution < 1.29 is 42.1 Å². The van der Waals surface area contributed by atoms with E-state index in [-0.39, 0.29) is 32.0 Å². The summed E-state index contributed by atoms with van der Waals surface area (Å²) < 4.78 is 34.9. The molecule has 2 atom stereocenters. The average Bonchev–Trinajstić information content (AvgIpc) is 0.915. The highest BCUT2D eigenvalue weighted by molar-refractivity contribution is 7.47. The highest BCUT2D eigenvalue weighted by Crippen LogP contribution is 2.43. The van der Waals surface area contributed by atoms with E-state index in [1.54, 1.807) is 0 Å². The third kappa shape index (κ3) is 86.5. The summed E-state index contributed by atoms with van der Waals surface area (Å²) in [5, 5.41) is 0. The summed E-state index contributed by atoms with van der Waals surface area (Å²) >= 11 is 0. The number of rotatable bonds is 79. The van der Waals surface area contributed by atoms with E-state index in [1.165, 1.54) is 225 Å². The van der Waals surface area contributed by atoms with Crippen LogP contribution in [0, 0.1) is 0 Å². The molecule has 2 unspecified atom stereocenters. The number of quaternary nitrogens is 1. The van der Waals surface area contributed by atoms with Gasteiger partial charge in [0.1, 0.15) is 19.8 Å². The molecule has 0 rings (SSSR count). The predicted molar refractivity (Wildman–Crippen MR) is 454 cm³/mol. The number of unbranched alkanes of at least 4 members (excludes halogenated alkanes) is 39. The van der Waals surface area contributed by atoms with E-state index in [0.717, 1.165) is 116 Å². The minimum atomic E-state index is -4.40. The normalized spacial score (nSPS) is 13.8. The number of likely N-dealkylation sites (N-methyl/N-ethyl adjacent to an activating group) is 1. The van der Waals surface area contributed by atoms with Crippen molar-refractivity contribution in [3.63, 3.8) is 0 Å². The van der Waals surface area contributed by atoms with Crippen LogP contribution in [0.1, 0.15) is 373 Å². The first-order valence-electron chi connectivity index (χ1n) is 43.2. The van der Waals surface area contributed by atoms with Crippen LogP contribution in [0.4, 0.5) is 0 Å². The molecule has 0 fully saturated rings. The molecular weight excluding hydrogens is 1300 g/mol. The van der Waals surface area contributed by atoms with Gasteiger partial charge < -0.3 is 18.9 Å². The molecule has 596 valence electrons. The molecule has 0 aromatic heterocycles. The van der Waals surface area contributed by atoms with Gasteiger partial charge in [-0.05, 0) is 122 Å². The summed E-state index contributed by atoms with van der Waals surface area (Å²) in [6.07, 6.45) is 124. The van der Waals surface area contributed by atoms with Gasteiger partial charge in [0.15, 0.2) is 6.10 Å². The average molecular weight is 1470 g/mol. The SMILES string of the molecule is CC/C=C\C/C=C\C/C=C\C/C=C\C/C=C\C/C=C\C/C=C\CCCCCCCCCCCCCCCCCCCC(=O)OC(COC(=O)CCCCCCCCCCCCCCCCCCCCCCCC/C=C\C/C=C\C/C=C\C/C=C\C/C=C\C/C=C\CC)COP(=O)(O)OCC[N+](C)(C)C. The summed E-state index contributed by atoms with van der Waals surface area (Å²) in [6, 6.07) is 0. The fraction of sp³-hybridized carbons (Fsp3) is 0.702. The minimum absolute atomic E-state index is 0.0291. The van der Waals surface area contributed by atoms with Crippen LogP contribution in [-0.4, -0.2) is 74.9 Å². The second-order valence-corrected chi connectivity index (χ2v) is 31.3. The van der Waals surface area contributed by atoms with Crippen LogP contribution in [0.15, 0.2) is 158 Å². The van der Waals surface area contributed by atoms with E-state index in [9.17, 15) is 19.0 Å². The van der Waals surface area contributed by atoms with Crippen LogP contribution in [0.3, 0.4) is 0 Å². The lowest BCUT2D eigenvalue weighted by atomic mass is 10.0. The zero-order valence-electron chi connectivity index (χ0n) is 68.2. The van der Waals surface area contributed by atoms with E-state index in [2.05, 4.69) is 172 Å². The number of nitrogens with zero attached hydrogens (tertiary/aromatic N) is 1. The molecule has 104 heavy (non-hydrogen) atoms. The third-order valence-corrected chi connectivity index (χ3v) is 19.5. The van der Waals surface area contributed by atoms with Crippen molar-refractivity contribution in [2.75, 3.05) is 47.5 Å². The van der Waals surface area contributed by atoms with Gasteiger partial charge in [-0.2, -0.15) is 0 Å². The topological polar surface area (TPSA) is 108 Å². The summed E-state index contributed by atoms with van der Waals surface area (Å²) in [7, 11) is 1.48. The van der Waals surface area contributed by atoms with E-state index in [0.29, 0.717) is 17.4 Å². The van der Waals surface area contributed by atoms with Crippen LogP contribution in [-0.2, 0) is 32.7 Å². The maximum absolute atomic E-state index is 12.9. The maximum Gasteiger partial charge on any atom is 0.472 e. The van der Waals surface area contributed by atoms with Gasteiger partial charge >= 0.3 is 19.8 Å². The van der Waals surface area contributed by atoms with Crippen molar-refractivity contribution >= 4 is 19.8 Å². The largest absolute Gasteiger partial charge is 0.472 e. The Labute approximate surface area is 643 Å². The first-order chi connectivity index (χ1) is 51.0. The second-order valence-electron chi connectivity index (χ2n) is 29.8.